The van der Waals surface area contributed by atoms with Crippen LogP contribution in [0.15, 0.2) is 116 Å². The molecular formula is C40H53Br3N2O8S2. The second kappa shape index (κ2) is 26.8. The molecule has 0 heterocycles. The van der Waals surface area contributed by atoms with Crippen LogP contribution in [0.25, 0.3) is 0 Å². The van der Waals surface area contributed by atoms with Crippen LogP contribution >= 0.6 is 47.8 Å². The Morgan fingerprint density at radius 2 is 1.13 bits per heavy atom. The molecule has 0 spiro atoms. The van der Waals surface area contributed by atoms with Crippen LogP contribution in [0.4, 0.5) is 0 Å². The molecule has 55 heavy (non-hydrogen) atoms. The van der Waals surface area contributed by atoms with E-state index in [1.54, 1.807) is 62.4 Å². The van der Waals surface area contributed by atoms with E-state index >= 15 is 0 Å². The van der Waals surface area contributed by atoms with Crippen LogP contribution in [-0.2, 0) is 52.0 Å². The van der Waals surface area contributed by atoms with E-state index < -0.39 is 26.0 Å². The van der Waals surface area contributed by atoms with E-state index in [4.69, 9.17) is 4.74 Å². The van der Waals surface area contributed by atoms with Crippen molar-refractivity contribution in [3.63, 3.8) is 0 Å². The summed E-state index contributed by atoms with van der Waals surface area (Å²) in [5.41, 5.74) is 4.08. The number of halogens is 3. The quantitative estimate of drug-likeness (QED) is 0.0921. The molecule has 304 valence electrons. The van der Waals surface area contributed by atoms with Crippen LogP contribution in [0.5, 0.6) is 0 Å². The fourth-order valence-electron chi connectivity index (χ4n) is 4.46. The molecule has 0 radical (unpaired) electrons. The highest BCUT2D eigenvalue weighted by molar-refractivity contribution is 9.10. The van der Waals surface area contributed by atoms with Crippen LogP contribution in [0.2, 0.25) is 0 Å². The zero-order valence-corrected chi connectivity index (χ0v) is 36.4. The van der Waals surface area contributed by atoms with E-state index in [2.05, 4.69) is 57.2 Å². The lowest BCUT2D eigenvalue weighted by atomic mass is 10.1. The Bertz CT molecular complexity index is 1960. The number of nitrogens with one attached hydrogen (secondary N) is 1. The van der Waals surface area contributed by atoms with Crippen LogP contribution in [0, 0.1) is 13.8 Å². The Balaban J connectivity index is 0.000000894. The van der Waals surface area contributed by atoms with Gasteiger partial charge in [-0.15, -0.1) is 0 Å². The Labute approximate surface area is 353 Å². The lowest BCUT2D eigenvalue weighted by molar-refractivity contribution is -0.143. The van der Waals surface area contributed by atoms with Gasteiger partial charge >= 0.3 is 11.9 Å². The number of benzene rings is 4. The first-order chi connectivity index (χ1) is 25.1. The fraction of sp³-hybridized carbons (Fsp3) is 0.350. The molecule has 0 amide bonds. The van der Waals surface area contributed by atoms with Gasteiger partial charge in [-0.3, -0.25) is 9.59 Å². The molecule has 0 saturated carbocycles. The highest BCUT2D eigenvalue weighted by atomic mass is 79.9. The van der Waals surface area contributed by atoms with Gasteiger partial charge < -0.3 is 9.47 Å². The summed E-state index contributed by atoms with van der Waals surface area (Å²) in [4.78, 5) is 22.5. The van der Waals surface area contributed by atoms with E-state index in [-0.39, 0.29) is 45.4 Å². The molecule has 4 aromatic carbocycles. The van der Waals surface area contributed by atoms with Gasteiger partial charge in [0.2, 0.25) is 20.0 Å². The number of hydrogen-bond donors (Lipinski definition) is 1. The molecule has 10 nitrogen and oxygen atoms in total. The van der Waals surface area contributed by atoms with Crippen molar-refractivity contribution < 1.29 is 35.9 Å². The normalized spacial score (nSPS) is 10.7. The van der Waals surface area contributed by atoms with Crippen molar-refractivity contribution in [2.45, 2.75) is 65.2 Å². The molecule has 0 aliphatic heterocycles. The van der Waals surface area contributed by atoms with Gasteiger partial charge in [0.25, 0.3) is 0 Å². The molecule has 0 atom stereocenters. The van der Waals surface area contributed by atoms with E-state index in [0.717, 1.165) is 31.2 Å². The van der Waals surface area contributed by atoms with Crippen molar-refractivity contribution >= 4 is 79.8 Å². The molecule has 0 unspecified atom stereocenters. The number of nitrogens with zero attached hydrogens (tertiary/aromatic N) is 1. The molecule has 0 aromatic heterocycles. The summed E-state index contributed by atoms with van der Waals surface area (Å²) in [5, 5.41) is 0.292. The first-order valence-corrected chi connectivity index (χ1v) is 22.2. The SMILES string of the molecule is C.C.CCOC(=O)CBr.CCOC(=O)CN(CCc1cccc(Br)c1)S(=O)(=O)c1ccc(C)cc1.Cc1ccc(S(=O)(=O)NCCc2cccc(Br)c2)cc1. The third-order valence-corrected chi connectivity index (χ3v) is 11.9. The van der Waals surface area contributed by atoms with E-state index in [0.29, 0.717) is 36.2 Å². The van der Waals surface area contributed by atoms with Gasteiger partial charge in [0.05, 0.1) is 23.0 Å². The number of carbonyl (C=O) groups is 2. The number of aryl methyl sites for hydroxylation is 2. The zero-order valence-electron chi connectivity index (χ0n) is 30.1. The van der Waals surface area contributed by atoms with Gasteiger partial charge in [-0.05, 0) is 100 Å². The number of sulfonamides is 2. The molecule has 4 aromatic rings. The van der Waals surface area contributed by atoms with Crippen molar-refractivity contribution in [1.82, 2.24) is 9.03 Å². The van der Waals surface area contributed by atoms with Gasteiger partial charge in [-0.2, -0.15) is 4.31 Å². The summed E-state index contributed by atoms with van der Waals surface area (Å²) < 4.78 is 65.3. The minimum atomic E-state index is -3.79. The minimum Gasteiger partial charge on any atom is -0.465 e. The molecule has 0 aliphatic carbocycles. The third kappa shape index (κ3) is 19.7. The predicted molar refractivity (Wildman–Crippen MR) is 233 cm³/mol. The van der Waals surface area contributed by atoms with E-state index in [1.165, 1.54) is 4.31 Å². The van der Waals surface area contributed by atoms with E-state index in [9.17, 15) is 26.4 Å². The Morgan fingerprint density at radius 3 is 1.56 bits per heavy atom. The van der Waals surface area contributed by atoms with Crippen LogP contribution < -0.4 is 4.72 Å². The number of hydrogen-bond acceptors (Lipinski definition) is 8. The van der Waals surface area contributed by atoms with Gasteiger partial charge in [0, 0.05) is 22.0 Å². The summed E-state index contributed by atoms with van der Waals surface area (Å²) >= 11 is 9.75. The number of rotatable bonds is 15. The van der Waals surface area contributed by atoms with Crippen LogP contribution in [-0.4, -0.2) is 71.3 Å². The van der Waals surface area contributed by atoms with Crippen molar-refractivity contribution in [3.05, 3.63) is 128 Å². The van der Waals surface area contributed by atoms with E-state index in [1.807, 2.05) is 62.4 Å². The lowest BCUT2D eigenvalue weighted by Gasteiger charge is -2.21. The molecule has 0 saturated heterocycles. The Kier molecular flexibility index (Phi) is 25.4. The van der Waals surface area contributed by atoms with Crippen molar-refractivity contribution in [1.29, 1.82) is 0 Å². The average Bonchev–Trinajstić information content (AvgIpc) is 3.11. The van der Waals surface area contributed by atoms with Crippen LogP contribution in [0.3, 0.4) is 0 Å². The average molecular weight is 994 g/mol. The third-order valence-electron chi connectivity index (χ3n) is 7.15. The molecule has 0 fully saturated rings. The largest absolute Gasteiger partial charge is 0.465 e. The highest BCUT2D eigenvalue weighted by Crippen LogP contribution is 2.19. The summed E-state index contributed by atoms with van der Waals surface area (Å²) in [6.07, 6.45) is 1.15. The summed E-state index contributed by atoms with van der Waals surface area (Å²) in [6.45, 7) is 8.22. The number of carbonyl (C=O) groups excluding carboxylic acids is 2. The summed E-state index contributed by atoms with van der Waals surface area (Å²) in [5.74, 6) is -0.764. The minimum absolute atomic E-state index is 0. The smallest absolute Gasteiger partial charge is 0.321 e. The standard InChI is InChI=1S/C19H22BrNO4S.C15H16BrNO2S.C4H7BrO2.2CH4/c1-3-25-19(22)14-21(12-11-16-5-4-6-17(20)13-16)26(23,24)18-9-7-15(2)8-10-18;1-12-5-7-15(8-6-12)20(18,19)17-10-9-13-3-2-4-14(16)11-13;1-2-7-4(6)3-5;;/h4-10,13H,3,11-12,14H2,1-2H3;2-8,11,17H,9-10H2,1H3;2-3H2,1H3;2*1H4. The first-order valence-electron chi connectivity index (χ1n) is 16.6. The Morgan fingerprint density at radius 1 is 0.673 bits per heavy atom. The van der Waals surface area contributed by atoms with Crippen molar-refractivity contribution in [2.24, 2.45) is 0 Å². The maximum Gasteiger partial charge on any atom is 0.321 e. The summed E-state index contributed by atoms with van der Waals surface area (Å²) in [7, 11) is -7.21. The van der Waals surface area contributed by atoms with Gasteiger partial charge in [0.15, 0.2) is 0 Å². The summed E-state index contributed by atoms with van der Waals surface area (Å²) in [6, 6.07) is 28.9. The Hall–Kier alpha value is -2.92. The second-order valence-electron chi connectivity index (χ2n) is 11.4. The fourth-order valence-corrected chi connectivity index (χ4v) is 7.94. The number of alkyl halides is 1. The van der Waals surface area contributed by atoms with Crippen molar-refractivity contribution in [2.75, 3.05) is 38.2 Å². The van der Waals surface area contributed by atoms with Crippen LogP contribution in [0.1, 0.15) is 51.0 Å². The highest BCUT2D eigenvalue weighted by Gasteiger charge is 2.27. The molecule has 0 bridgehead atoms. The maximum absolute atomic E-state index is 13.0. The first kappa shape index (κ1) is 52.1. The number of ether oxygens (including phenoxy) is 2. The predicted octanol–water partition coefficient (Wildman–Crippen LogP) is 9.05. The maximum atomic E-state index is 13.0. The van der Waals surface area contributed by atoms with Gasteiger partial charge in [0.1, 0.15) is 11.9 Å². The number of esters is 2. The molecule has 15 heteroatoms. The zero-order chi connectivity index (χ0) is 39.4. The monoisotopic (exact) mass is 990 g/mol. The van der Waals surface area contributed by atoms with Crippen molar-refractivity contribution in [3.8, 4) is 0 Å². The molecule has 0 aliphatic rings. The van der Waals surface area contributed by atoms with Gasteiger partial charge in [-0.1, -0.05) is 122 Å². The second-order valence-corrected chi connectivity index (χ2v) is 17.5. The molecule has 4 rings (SSSR count). The molecule has 1 N–H and O–H groups in total. The lowest BCUT2D eigenvalue weighted by Crippen LogP contribution is -2.38. The topological polar surface area (TPSA) is 136 Å². The van der Waals surface area contributed by atoms with Gasteiger partial charge in [-0.25, -0.2) is 21.6 Å². The molecular weight excluding hydrogens is 940 g/mol.